The molecule has 0 radical (unpaired) electrons. The van der Waals surface area contributed by atoms with Gasteiger partial charge in [0.1, 0.15) is 0 Å². The number of esters is 1. The van der Waals surface area contributed by atoms with E-state index in [1.54, 1.807) is 12.1 Å². The maximum atomic E-state index is 11.4. The molecule has 0 heterocycles. The van der Waals surface area contributed by atoms with Gasteiger partial charge in [-0.2, -0.15) is 0 Å². The third kappa shape index (κ3) is 4.68. The summed E-state index contributed by atoms with van der Waals surface area (Å²) in [7, 11) is 0. The van der Waals surface area contributed by atoms with Crippen LogP contribution in [0.4, 0.5) is 0 Å². The van der Waals surface area contributed by atoms with Gasteiger partial charge in [-0.25, -0.2) is 4.79 Å². The van der Waals surface area contributed by atoms with Crippen molar-refractivity contribution in [2.75, 3.05) is 19.8 Å². The average molecular weight is 233 g/mol. The van der Waals surface area contributed by atoms with Gasteiger partial charge in [0.25, 0.3) is 0 Å². The molecule has 17 heavy (non-hydrogen) atoms. The average Bonchev–Trinajstić information content (AvgIpc) is 2.37. The fourth-order valence-electron chi connectivity index (χ4n) is 1.20. The van der Waals surface area contributed by atoms with E-state index in [0.717, 1.165) is 5.56 Å². The molecule has 0 atom stereocenters. The predicted molar refractivity (Wildman–Crippen MR) is 64.3 cm³/mol. The Kier molecular flexibility index (Phi) is 5.80. The second-order valence-electron chi connectivity index (χ2n) is 3.32. The molecule has 90 valence electrons. The Morgan fingerprint density at radius 3 is 2.65 bits per heavy atom. The largest absolute Gasteiger partial charge is 0.449 e. The number of nitrogens with two attached hydrogens (primary N) is 1. The van der Waals surface area contributed by atoms with Crippen molar-refractivity contribution in [2.45, 2.75) is 6.61 Å². The van der Waals surface area contributed by atoms with Gasteiger partial charge in [-0.15, -0.1) is 6.42 Å². The number of terminal acetylenes is 1. The summed E-state index contributed by atoms with van der Waals surface area (Å²) in [6.07, 6.45) is 4.99. The quantitative estimate of drug-likeness (QED) is 0.451. The van der Waals surface area contributed by atoms with Crippen LogP contribution in [0.3, 0.4) is 0 Å². The summed E-state index contributed by atoms with van der Waals surface area (Å²) in [4.78, 5) is 11.4. The molecule has 0 fully saturated rings. The van der Waals surface area contributed by atoms with Gasteiger partial charge < -0.3 is 15.2 Å². The van der Waals surface area contributed by atoms with Gasteiger partial charge in [-0.3, -0.25) is 0 Å². The Bertz CT molecular complexity index is 392. The molecule has 2 N–H and O–H groups in total. The van der Waals surface area contributed by atoms with Crippen LogP contribution in [0.2, 0.25) is 0 Å². The molecular formula is C13H15NO3. The lowest BCUT2D eigenvalue weighted by atomic mass is 10.1. The van der Waals surface area contributed by atoms with Gasteiger partial charge in [0.2, 0.25) is 0 Å². The van der Waals surface area contributed by atoms with Gasteiger partial charge in [0.05, 0.1) is 18.8 Å². The molecule has 4 heteroatoms. The van der Waals surface area contributed by atoms with E-state index in [0.29, 0.717) is 25.3 Å². The third-order valence-corrected chi connectivity index (χ3v) is 2.01. The van der Waals surface area contributed by atoms with E-state index in [4.69, 9.17) is 21.6 Å². The van der Waals surface area contributed by atoms with Crippen LogP contribution >= 0.6 is 0 Å². The van der Waals surface area contributed by atoms with Gasteiger partial charge in [-0.1, -0.05) is 18.1 Å². The summed E-state index contributed by atoms with van der Waals surface area (Å²) >= 11 is 0. The lowest BCUT2D eigenvalue weighted by Crippen LogP contribution is -2.08. The molecule has 0 unspecified atom stereocenters. The third-order valence-electron chi connectivity index (χ3n) is 2.01. The predicted octanol–water partition coefficient (Wildman–Crippen LogP) is 0.952. The van der Waals surface area contributed by atoms with Crippen LogP contribution in [-0.4, -0.2) is 25.7 Å². The summed E-state index contributed by atoms with van der Waals surface area (Å²) in [5.41, 5.74) is 6.75. The Hall–Kier alpha value is -1.83. The Morgan fingerprint density at radius 1 is 1.35 bits per heavy atom. The number of hydrogen-bond acceptors (Lipinski definition) is 4. The second-order valence-corrected chi connectivity index (χ2v) is 3.32. The smallest absolute Gasteiger partial charge is 0.339 e. The molecule has 0 amide bonds. The Morgan fingerprint density at radius 2 is 2.06 bits per heavy atom. The number of rotatable bonds is 6. The highest BCUT2D eigenvalue weighted by Gasteiger charge is 2.05. The van der Waals surface area contributed by atoms with Crippen molar-refractivity contribution in [3.63, 3.8) is 0 Å². The molecule has 1 aromatic carbocycles. The SMILES string of the molecule is C#CCOC(=O)c1ccc(COCCN)cc1. The van der Waals surface area contributed by atoms with Crippen LogP contribution in [0.5, 0.6) is 0 Å². The minimum Gasteiger partial charge on any atom is -0.449 e. The lowest BCUT2D eigenvalue weighted by molar-refractivity contribution is 0.0556. The van der Waals surface area contributed by atoms with Crippen molar-refractivity contribution in [3.8, 4) is 12.3 Å². The zero-order valence-corrected chi connectivity index (χ0v) is 9.52. The van der Waals surface area contributed by atoms with Gasteiger partial charge in [-0.05, 0) is 17.7 Å². The molecule has 0 aromatic heterocycles. The van der Waals surface area contributed by atoms with Crippen molar-refractivity contribution in [3.05, 3.63) is 35.4 Å². The van der Waals surface area contributed by atoms with Crippen molar-refractivity contribution in [2.24, 2.45) is 5.73 Å². The van der Waals surface area contributed by atoms with Crippen molar-refractivity contribution >= 4 is 5.97 Å². The highest BCUT2D eigenvalue weighted by molar-refractivity contribution is 5.89. The number of ether oxygens (including phenoxy) is 2. The molecule has 0 aliphatic rings. The number of carbonyl (C=O) groups is 1. The van der Waals surface area contributed by atoms with Crippen LogP contribution in [0.25, 0.3) is 0 Å². The van der Waals surface area contributed by atoms with E-state index in [1.807, 2.05) is 12.1 Å². The van der Waals surface area contributed by atoms with Crippen molar-refractivity contribution < 1.29 is 14.3 Å². The first-order valence-electron chi connectivity index (χ1n) is 5.25. The summed E-state index contributed by atoms with van der Waals surface area (Å²) < 4.78 is 10.1. The van der Waals surface area contributed by atoms with Crippen LogP contribution in [0.1, 0.15) is 15.9 Å². The molecular weight excluding hydrogens is 218 g/mol. The molecule has 0 saturated carbocycles. The number of benzene rings is 1. The second kappa shape index (κ2) is 7.44. The van der Waals surface area contributed by atoms with Crippen LogP contribution < -0.4 is 5.73 Å². The normalized spacial score (nSPS) is 9.65. The maximum Gasteiger partial charge on any atom is 0.339 e. The van der Waals surface area contributed by atoms with Gasteiger partial charge in [0, 0.05) is 6.54 Å². The first-order valence-corrected chi connectivity index (χ1v) is 5.25. The van der Waals surface area contributed by atoms with E-state index in [2.05, 4.69) is 5.92 Å². The highest BCUT2D eigenvalue weighted by atomic mass is 16.5. The zero-order valence-electron chi connectivity index (χ0n) is 9.52. The zero-order chi connectivity index (χ0) is 12.5. The molecule has 0 aliphatic carbocycles. The molecule has 4 nitrogen and oxygen atoms in total. The monoisotopic (exact) mass is 233 g/mol. The standard InChI is InChI=1S/C13H15NO3/c1-2-8-17-13(15)12-5-3-11(4-6-12)10-16-9-7-14/h1,3-6H,7-10,14H2. The maximum absolute atomic E-state index is 11.4. The van der Waals surface area contributed by atoms with Crippen LogP contribution in [-0.2, 0) is 16.1 Å². The summed E-state index contributed by atoms with van der Waals surface area (Å²) in [5, 5.41) is 0. The molecule has 0 saturated heterocycles. The first-order chi connectivity index (χ1) is 8.27. The summed E-state index contributed by atoms with van der Waals surface area (Å²) in [6.45, 7) is 1.49. The molecule has 0 spiro atoms. The molecule has 0 bridgehead atoms. The Balaban J connectivity index is 2.50. The van der Waals surface area contributed by atoms with E-state index in [1.165, 1.54) is 0 Å². The van der Waals surface area contributed by atoms with Crippen LogP contribution in [0.15, 0.2) is 24.3 Å². The van der Waals surface area contributed by atoms with Crippen LogP contribution in [0, 0.1) is 12.3 Å². The summed E-state index contributed by atoms with van der Waals surface area (Å²) in [5.74, 6) is 1.82. The minimum atomic E-state index is -0.419. The topological polar surface area (TPSA) is 61.5 Å². The van der Waals surface area contributed by atoms with E-state index in [9.17, 15) is 4.79 Å². The fourth-order valence-corrected chi connectivity index (χ4v) is 1.20. The Labute approximate surface area is 101 Å². The van der Waals surface area contributed by atoms with Crippen molar-refractivity contribution in [1.82, 2.24) is 0 Å². The number of hydrogen-bond donors (Lipinski definition) is 1. The van der Waals surface area contributed by atoms with Crippen molar-refractivity contribution in [1.29, 1.82) is 0 Å². The summed E-state index contributed by atoms with van der Waals surface area (Å²) in [6, 6.07) is 6.98. The highest BCUT2D eigenvalue weighted by Crippen LogP contribution is 2.07. The molecule has 1 aromatic rings. The van der Waals surface area contributed by atoms with E-state index in [-0.39, 0.29) is 6.61 Å². The van der Waals surface area contributed by atoms with E-state index < -0.39 is 5.97 Å². The fraction of sp³-hybridized carbons (Fsp3) is 0.308. The van der Waals surface area contributed by atoms with E-state index >= 15 is 0 Å². The van der Waals surface area contributed by atoms with Gasteiger partial charge in [0.15, 0.2) is 6.61 Å². The van der Waals surface area contributed by atoms with Gasteiger partial charge >= 0.3 is 5.97 Å². The lowest BCUT2D eigenvalue weighted by Gasteiger charge is -2.04. The molecule has 1 rings (SSSR count). The molecule has 0 aliphatic heterocycles. The minimum absolute atomic E-state index is 0.0137. The first kappa shape index (κ1) is 13.2. The number of carbonyl (C=O) groups excluding carboxylic acids is 1.